The van der Waals surface area contributed by atoms with Crippen molar-refractivity contribution in [3.05, 3.63) is 40.2 Å². The van der Waals surface area contributed by atoms with Crippen LogP contribution in [-0.2, 0) is 0 Å². The molecule has 0 amide bonds. The Labute approximate surface area is 87.9 Å². The van der Waals surface area contributed by atoms with E-state index in [-0.39, 0.29) is 11.3 Å². The maximum atomic E-state index is 10.7. The van der Waals surface area contributed by atoms with E-state index in [9.17, 15) is 15.2 Å². The van der Waals surface area contributed by atoms with E-state index in [0.29, 0.717) is 5.69 Å². The molecule has 82 valence electrons. The molecule has 1 heterocycles. The molecule has 0 spiro atoms. The number of nitro groups is 1. The zero-order valence-corrected chi connectivity index (χ0v) is 8.75. The molecule has 1 N–H and O–H groups in total. The van der Waals surface area contributed by atoms with Crippen LogP contribution in [0.5, 0.6) is 0 Å². The number of nitrogens with zero attached hydrogens (tertiary/aromatic N) is 2. The van der Waals surface area contributed by atoms with Gasteiger partial charge >= 0.3 is 0 Å². The van der Waals surface area contributed by atoms with Crippen molar-refractivity contribution in [1.82, 2.24) is 4.98 Å². The average molecular weight is 210 g/mol. The van der Waals surface area contributed by atoms with Gasteiger partial charge in [-0.25, -0.2) is 0 Å². The van der Waals surface area contributed by atoms with Gasteiger partial charge in [0.1, 0.15) is 6.10 Å². The monoisotopic (exact) mass is 210 g/mol. The highest BCUT2D eigenvalue weighted by Gasteiger charge is 2.34. The molecular weight excluding hydrogens is 196 g/mol. The first-order valence-corrected chi connectivity index (χ1v) is 4.67. The molecule has 5 nitrogen and oxygen atoms in total. The summed E-state index contributed by atoms with van der Waals surface area (Å²) < 4.78 is 0. The molecule has 1 aromatic heterocycles. The lowest BCUT2D eigenvalue weighted by Gasteiger charge is -2.18. The Hall–Kier alpha value is -1.49. The number of aliphatic hydroxyl groups excluding tert-OH is 1. The van der Waals surface area contributed by atoms with Crippen LogP contribution in [0.4, 0.5) is 0 Å². The summed E-state index contributed by atoms with van der Waals surface area (Å²) in [5, 5.41) is 20.4. The van der Waals surface area contributed by atoms with Crippen molar-refractivity contribution in [3.63, 3.8) is 0 Å². The third-order valence-electron chi connectivity index (χ3n) is 2.22. The summed E-state index contributed by atoms with van der Waals surface area (Å²) in [7, 11) is 0. The summed E-state index contributed by atoms with van der Waals surface area (Å²) in [6, 6.07) is 5.13. The molecule has 1 rings (SSSR count). The van der Waals surface area contributed by atoms with E-state index >= 15 is 0 Å². The average Bonchev–Trinajstić information content (AvgIpc) is 2.18. The Balaban J connectivity index is 2.72. The summed E-state index contributed by atoms with van der Waals surface area (Å²) in [6.45, 7) is 2.97. The standard InChI is InChI=1S/C10H14N2O3/c1-10(2,12(14)15)7-9(13)8-5-3-4-6-11-8/h3-6,9,13H,7H2,1-2H3. The van der Waals surface area contributed by atoms with Gasteiger partial charge in [0, 0.05) is 31.4 Å². The number of hydrogen-bond donors (Lipinski definition) is 1. The second-order valence-corrected chi connectivity index (χ2v) is 4.04. The van der Waals surface area contributed by atoms with Crippen LogP contribution in [0, 0.1) is 10.1 Å². The van der Waals surface area contributed by atoms with Crippen LogP contribution in [0.25, 0.3) is 0 Å². The summed E-state index contributed by atoms with van der Waals surface area (Å²) in [4.78, 5) is 14.2. The van der Waals surface area contributed by atoms with Gasteiger partial charge in [-0.2, -0.15) is 0 Å². The highest BCUT2D eigenvalue weighted by molar-refractivity contribution is 5.07. The maximum Gasteiger partial charge on any atom is 0.219 e. The highest BCUT2D eigenvalue weighted by Crippen LogP contribution is 2.24. The first-order valence-electron chi connectivity index (χ1n) is 4.67. The van der Waals surface area contributed by atoms with Gasteiger partial charge in [-0.1, -0.05) is 6.07 Å². The first-order chi connectivity index (χ1) is 6.93. The second-order valence-electron chi connectivity index (χ2n) is 4.04. The number of hydrogen-bond acceptors (Lipinski definition) is 4. The zero-order valence-electron chi connectivity index (χ0n) is 8.75. The lowest BCUT2D eigenvalue weighted by molar-refractivity contribution is -0.563. The topological polar surface area (TPSA) is 76.3 Å². The predicted octanol–water partition coefficient (Wildman–Crippen LogP) is 1.56. The molecule has 0 saturated heterocycles. The molecule has 0 aliphatic rings. The molecule has 0 fully saturated rings. The van der Waals surface area contributed by atoms with Gasteiger partial charge in [0.15, 0.2) is 0 Å². The Morgan fingerprint density at radius 1 is 1.60 bits per heavy atom. The number of rotatable bonds is 4. The van der Waals surface area contributed by atoms with Gasteiger partial charge in [-0.05, 0) is 12.1 Å². The van der Waals surface area contributed by atoms with Crippen LogP contribution in [0.1, 0.15) is 32.1 Å². The van der Waals surface area contributed by atoms with Gasteiger partial charge in [-0.15, -0.1) is 0 Å². The van der Waals surface area contributed by atoms with Crippen molar-refractivity contribution in [2.45, 2.75) is 31.9 Å². The smallest absolute Gasteiger partial charge is 0.219 e. The van der Waals surface area contributed by atoms with Crippen molar-refractivity contribution in [2.75, 3.05) is 0 Å². The molecule has 0 aliphatic heterocycles. The summed E-state index contributed by atoms with van der Waals surface area (Å²) in [6.07, 6.45) is 0.709. The SMILES string of the molecule is CC(C)(CC(O)c1ccccn1)[N+](=O)[O-]. The van der Waals surface area contributed by atoms with Gasteiger partial charge in [0.05, 0.1) is 5.69 Å². The molecule has 0 radical (unpaired) electrons. The largest absolute Gasteiger partial charge is 0.387 e. The predicted molar refractivity (Wildman–Crippen MR) is 54.9 cm³/mol. The van der Waals surface area contributed by atoms with Gasteiger partial charge in [0.25, 0.3) is 0 Å². The van der Waals surface area contributed by atoms with Crippen LogP contribution in [0.15, 0.2) is 24.4 Å². The molecule has 0 saturated carbocycles. The molecule has 1 unspecified atom stereocenters. The van der Waals surface area contributed by atoms with Crippen LogP contribution in [-0.4, -0.2) is 20.6 Å². The second kappa shape index (κ2) is 4.35. The van der Waals surface area contributed by atoms with Crippen molar-refractivity contribution >= 4 is 0 Å². The Bertz CT molecular complexity index is 338. The quantitative estimate of drug-likeness (QED) is 0.604. The van der Waals surface area contributed by atoms with Crippen molar-refractivity contribution in [2.24, 2.45) is 0 Å². The van der Waals surface area contributed by atoms with E-state index in [1.54, 1.807) is 24.4 Å². The summed E-state index contributed by atoms with van der Waals surface area (Å²) in [5.74, 6) is 0. The van der Waals surface area contributed by atoms with Gasteiger partial charge in [-0.3, -0.25) is 15.1 Å². The molecule has 15 heavy (non-hydrogen) atoms. The first kappa shape index (κ1) is 11.6. The molecule has 1 atom stereocenters. The fraction of sp³-hybridized carbons (Fsp3) is 0.500. The molecular formula is C10H14N2O3. The Kier molecular flexibility index (Phi) is 3.36. The Morgan fingerprint density at radius 3 is 2.73 bits per heavy atom. The number of pyridine rings is 1. The molecule has 1 aromatic rings. The minimum Gasteiger partial charge on any atom is -0.387 e. The van der Waals surface area contributed by atoms with E-state index in [4.69, 9.17) is 0 Å². The van der Waals surface area contributed by atoms with Crippen molar-refractivity contribution in [1.29, 1.82) is 0 Å². The van der Waals surface area contributed by atoms with Crippen molar-refractivity contribution < 1.29 is 10.0 Å². The molecule has 0 aliphatic carbocycles. The number of aromatic nitrogens is 1. The lowest BCUT2D eigenvalue weighted by atomic mass is 9.96. The van der Waals surface area contributed by atoms with Gasteiger partial charge in [0.2, 0.25) is 5.54 Å². The van der Waals surface area contributed by atoms with Crippen molar-refractivity contribution in [3.8, 4) is 0 Å². The van der Waals surface area contributed by atoms with E-state index < -0.39 is 11.6 Å². The maximum absolute atomic E-state index is 10.7. The molecule has 0 aromatic carbocycles. The fourth-order valence-corrected chi connectivity index (χ4v) is 1.23. The van der Waals surface area contributed by atoms with E-state index in [1.165, 1.54) is 13.8 Å². The van der Waals surface area contributed by atoms with E-state index in [0.717, 1.165) is 0 Å². The Morgan fingerprint density at radius 2 is 2.27 bits per heavy atom. The van der Waals surface area contributed by atoms with Gasteiger partial charge < -0.3 is 5.11 Å². The third-order valence-corrected chi connectivity index (χ3v) is 2.22. The normalized spacial score (nSPS) is 13.5. The molecule has 5 heteroatoms. The third kappa shape index (κ3) is 2.99. The van der Waals surface area contributed by atoms with E-state index in [2.05, 4.69) is 4.98 Å². The zero-order chi connectivity index (χ0) is 11.5. The summed E-state index contributed by atoms with van der Waals surface area (Å²) in [5.41, 5.74) is -0.677. The minimum atomic E-state index is -1.14. The van der Waals surface area contributed by atoms with Crippen LogP contribution in [0.2, 0.25) is 0 Å². The van der Waals surface area contributed by atoms with E-state index in [1.807, 2.05) is 0 Å². The minimum absolute atomic E-state index is 0.0526. The van der Waals surface area contributed by atoms with Crippen LogP contribution in [0.3, 0.4) is 0 Å². The fourth-order valence-electron chi connectivity index (χ4n) is 1.23. The van der Waals surface area contributed by atoms with Crippen LogP contribution < -0.4 is 0 Å². The highest BCUT2D eigenvalue weighted by atomic mass is 16.6. The molecule has 0 bridgehead atoms. The number of aliphatic hydroxyl groups is 1. The lowest BCUT2D eigenvalue weighted by Crippen LogP contribution is -2.33. The van der Waals surface area contributed by atoms with Crippen LogP contribution >= 0.6 is 0 Å². The summed E-state index contributed by atoms with van der Waals surface area (Å²) >= 11 is 0.